The monoisotopic (exact) mass is 1410 g/mol. The van der Waals surface area contributed by atoms with Gasteiger partial charge in [0, 0.05) is 0 Å². The lowest BCUT2D eigenvalue weighted by Gasteiger charge is -2.61. The Morgan fingerprint density at radius 2 is 0.396 bits per heavy atom. The summed E-state index contributed by atoms with van der Waals surface area (Å²) in [7, 11) is -1.27. The van der Waals surface area contributed by atoms with Crippen molar-refractivity contribution in [3.8, 4) is 0 Å². The summed E-state index contributed by atoms with van der Waals surface area (Å²) in [6.07, 6.45) is 42.9. The minimum Gasteiger partial charge on any atom is -0.375 e. The van der Waals surface area contributed by atoms with E-state index in [9.17, 15) is 14.0 Å². The molecule has 106 heavy (non-hydrogen) atoms. The second kappa shape index (κ2) is 39.9. The zero-order chi connectivity index (χ0) is 72.9. The molecular weight excluding hydrogens is 1280 g/mol. The van der Waals surface area contributed by atoms with Crippen LogP contribution in [-0.4, -0.2) is 7.32 Å². The third kappa shape index (κ3) is 17.8. The molecule has 3 aliphatic rings. The fraction of sp³-hybridized carbons (Fsp3) is 0.471. The lowest BCUT2D eigenvalue weighted by molar-refractivity contribution is -0.171. The predicted molar refractivity (Wildman–Crippen MR) is 448 cm³/mol. The van der Waals surface area contributed by atoms with E-state index in [1.165, 1.54) is 207 Å². The maximum atomic E-state index is 9.32. The van der Waals surface area contributed by atoms with Crippen molar-refractivity contribution in [3.05, 3.63) is 323 Å². The molecule has 9 aromatic rings. The summed E-state index contributed by atoms with van der Waals surface area (Å²) in [5, 5.41) is 0. The van der Waals surface area contributed by atoms with Crippen molar-refractivity contribution in [2.75, 3.05) is 0 Å². The normalized spacial score (nSPS) is 21.8. The van der Waals surface area contributed by atoms with Crippen molar-refractivity contribution < 1.29 is 14.0 Å². The Hall–Kier alpha value is -7.08. The van der Waals surface area contributed by atoms with Gasteiger partial charge in [0.15, 0.2) is 0 Å². The fourth-order valence-corrected chi connectivity index (χ4v) is 20.9. The lowest BCUT2D eigenvalue weighted by Crippen LogP contribution is -2.65. The van der Waals surface area contributed by atoms with Crippen LogP contribution >= 0.6 is 0 Å². The summed E-state index contributed by atoms with van der Waals surface area (Å²) < 4.78 is 28.0. The van der Waals surface area contributed by atoms with Crippen LogP contribution in [-0.2, 0) is 47.0 Å². The molecule has 6 unspecified atom stereocenters. The molecule has 558 valence electrons. The van der Waals surface area contributed by atoms with Gasteiger partial charge in [-0.25, -0.2) is 0 Å². The van der Waals surface area contributed by atoms with Crippen molar-refractivity contribution in [2.45, 2.75) is 285 Å². The van der Waals surface area contributed by atoms with E-state index in [4.69, 9.17) is 0 Å². The summed E-state index contributed by atoms with van der Waals surface area (Å²) in [4.78, 5) is 0. The van der Waals surface area contributed by atoms with Gasteiger partial charge in [-0.3, -0.25) is 0 Å². The van der Waals surface area contributed by atoms with E-state index in [1.54, 1.807) is 0 Å². The number of hydrogen-bond acceptors (Lipinski definition) is 3. The van der Waals surface area contributed by atoms with Crippen LogP contribution in [0.4, 0.5) is 0 Å². The van der Waals surface area contributed by atoms with Gasteiger partial charge in [0.2, 0.25) is 0 Å². The van der Waals surface area contributed by atoms with Gasteiger partial charge in [-0.15, -0.1) is 0 Å². The maximum absolute atomic E-state index is 9.32. The molecule has 9 aromatic carbocycles. The quantitative estimate of drug-likeness (QED) is 0.0282. The minimum atomic E-state index is -1.27. The standard InChI is InChI=1S/C102H129BO3/c1-4-7-10-13-16-19-22-34-55-85-76-79-100(94-70-49-31-50-71-94,97(82-85,88-58-37-25-38-59-88)89-60-39-26-40-61-89)104-103(105-101(95-72-51-32-52-73-95)80-77-86(56-35-23-20-17-14-11-8-5-2)83-98(101,90-62-41-27-42-63-90)91-64-43-28-44-65-91)106-102(96-74-53-33-54-75-96)81-78-87(57-36-24-21-18-15-12-9-6-3)84-99(102,92-66-45-29-46-67-92)93-68-47-30-48-69-93/h25-33,37-54,58-75,85-87H,4-24,34-36,55-57,76-84H2,1-3H3. The van der Waals surface area contributed by atoms with Crippen molar-refractivity contribution in [1.29, 1.82) is 0 Å². The van der Waals surface area contributed by atoms with Crippen molar-refractivity contribution >= 4 is 7.32 Å². The highest BCUT2D eigenvalue weighted by Crippen LogP contribution is 2.66. The Morgan fingerprint density at radius 1 is 0.226 bits per heavy atom. The zero-order valence-electron chi connectivity index (χ0n) is 65.5. The highest BCUT2D eigenvalue weighted by molar-refractivity contribution is 6.37. The Kier molecular flexibility index (Phi) is 29.5. The number of unbranched alkanes of at least 4 members (excludes halogenated alkanes) is 21. The van der Waals surface area contributed by atoms with Gasteiger partial charge < -0.3 is 14.0 Å². The molecule has 3 fully saturated rings. The zero-order valence-corrected chi connectivity index (χ0v) is 65.5. The van der Waals surface area contributed by atoms with Crippen LogP contribution in [0.25, 0.3) is 0 Å². The summed E-state index contributed by atoms with van der Waals surface area (Å²) in [5.41, 5.74) is 5.76. The lowest BCUT2D eigenvalue weighted by atomic mass is 9.50. The van der Waals surface area contributed by atoms with Crippen LogP contribution in [0, 0.1) is 17.8 Å². The molecule has 3 aliphatic carbocycles. The van der Waals surface area contributed by atoms with Crippen molar-refractivity contribution in [2.24, 2.45) is 17.8 Å². The van der Waals surface area contributed by atoms with E-state index < -0.39 is 40.4 Å². The van der Waals surface area contributed by atoms with Gasteiger partial charge in [-0.1, -0.05) is 467 Å². The second-order valence-electron chi connectivity index (χ2n) is 32.8. The predicted octanol–water partition coefficient (Wildman–Crippen LogP) is 28.7. The van der Waals surface area contributed by atoms with Gasteiger partial charge >= 0.3 is 7.32 Å². The molecule has 0 aromatic heterocycles. The molecule has 0 aliphatic heterocycles. The molecule has 3 nitrogen and oxygen atoms in total. The van der Waals surface area contributed by atoms with E-state index in [-0.39, 0.29) is 0 Å². The number of benzene rings is 9. The fourth-order valence-electron chi connectivity index (χ4n) is 20.9. The molecule has 12 rings (SSSR count). The Bertz CT molecular complexity index is 3330. The molecule has 3 saturated carbocycles. The molecule has 0 spiro atoms. The van der Waals surface area contributed by atoms with Crippen LogP contribution in [0.3, 0.4) is 0 Å². The molecule has 0 radical (unpaired) electrons. The maximum Gasteiger partial charge on any atom is 0.641 e. The molecule has 0 heterocycles. The van der Waals surface area contributed by atoms with Crippen molar-refractivity contribution in [3.63, 3.8) is 0 Å². The topological polar surface area (TPSA) is 27.7 Å². The van der Waals surface area contributed by atoms with Crippen LogP contribution in [0.15, 0.2) is 273 Å². The Balaban J connectivity index is 1.11. The van der Waals surface area contributed by atoms with Gasteiger partial charge in [-0.05, 0) is 126 Å². The molecule has 0 amide bonds. The minimum absolute atomic E-state index is 0.438. The summed E-state index contributed by atoms with van der Waals surface area (Å²) in [6, 6.07) is 105. The summed E-state index contributed by atoms with van der Waals surface area (Å²) >= 11 is 0. The van der Waals surface area contributed by atoms with Crippen LogP contribution in [0.1, 0.15) is 302 Å². The second-order valence-corrected chi connectivity index (χ2v) is 32.8. The molecule has 0 bridgehead atoms. The van der Waals surface area contributed by atoms with Gasteiger partial charge in [0.1, 0.15) is 0 Å². The van der Waals surface area contributed by atoms with Crippen LogP contribution in [0.2, 0.25) is 0 Å². The summed E-state index contributed by atoms with van der Waals surface area (Å²) in [6.45, 7) is 6.98. The van der Waals surface area contributed by atoms with E-state index >= 15 is 0 Å². The number of rotatable bonds is 42. The Labute approximate surface area is 643 Å². The van der Waals surface area contributed by atoms with E-state index in [2.05, 4.69) is 294 Å². The average Bonchev–Trinajstić information content (AvgIpc) is 0.698. The van der Waals surface area contributed by atoms with E-state index in [0.29, 0.717) is 17.8 Å². The first-order valence-electron chi connectivity index (χ1n) is 42.9. The first kappa shape index (κ1) is 78.5. The smallest absolute Gasteiger partial charge is 0.375 e. The highest BCUT2D eigenvalue weighted by Gasteiger charge is 2.67. The summed E-state index contributed by atoms with van der Waals surface area (Å²) in [5.74, 6) is 1.31. The molecule has 0 N–H and O–H groups in total. The van der Waals surface area contributed by atoms with E-state index in [1.807, 2.05) is 0 Å². The van der Waals surface area contributed by atoms with E-state index in [0.717, 1.165) is 74.5 Å². The average molecular weight is 1410 g/mol. The SMILES string of the molecule is CCCCCCCCCCC1CCC(OB(OC2(c3ccccc3)CCC(CCCCCCCCCC)CC2(c2ccccc2)c2ccccc2)OC2(c3ccccc3)CCC(CCCCCCCCCC)CC2(c2ccccc2)c2ccccc2)(c2ccccc2)C(c2ccccc2)(c2ccccc2)C1. The van der Waals surface area contributed by atoms with Gasteiger partial charge in [-0.2, -0.15) is 0 Å². The first-order chi connectivity index (χ1) is 52.4. The molecular formula is C102H129BO3. The van der Waals surface area contributed by atoms with Crippen molar-refractivity contribution in [1.82, 2.24) is 0 Å². The third-order valence-corrected chi connectivity index (χ3v) is 26.2. The highest BCUT2D eigenvalue weighted by atomic mass is 16.8. The molecule has 4 heteroatoms. The molecule has 6 atom stereocenters. The number of hydrogen-bond donors (Lipinski definition) is 0. The van der Waals surface area contributed by atoms with Gasteiger partial charge in [0.25, 0.3) is 0 Å². The van der Waals surface area contributed by atoms with Gasteiger partial charge in [0.05, 0.1) is 33.0 Å². The first-order valence-corrected chi connectivity index (χ1v) is 42.9. The molecule has 0 saturated heterocycles. The van der Waals surface area contributed by atoms with Crippen LogP contribution < -0.4 is 0 Å². The van der Waals surface area contributed by atoms with Crippen LogP contribution in [0.5, 0.6) is 0 Å². The largest absolute Gasteiger partial charge is 0.641 e. The Morgan fingerprint density at radius 3 is 0.585 bits per heavy atom. The third-order valence-electron chi connectivity index (χ3n) is 26.2.